The minimum atomic E-state index is -4.60. The number of esters is 2. The maximum absolute atomic E-state index is 12.1. The molecule has 0 saturated heterocycles. The van der Waals surface area contributed by atoms with Crippen molar-refractivity contribution >= 4 is 19.8 Å². The number of phosphoric acid groups is 1. The van der Waals surface area contributed by atoms with Gasteiger partial charge in [0, 0.05) is 12.8 Å². The van der Waals surface area contributed by atoms with E-state index in [2.05, 4.69) is 19.1 Å². The third-order valence-corrected chi connectivity index (χ3v) is 6.43. The molecule has 0 fully saturated rings. The van der Waals surface area contributed by atoms with Crippen LogP contribution in [0.1, 0.15) is 104 Å². The van der Waals surface area contributed by atoms with E-state index >= 15 is 0 Å². The lowest BCUT2D eigenvalue weighted by atomic mass is 10.1. The molecule has 0 heterocycles. The number of allylic oxidation sites excluding steroid dienone is 2. The number of hydrogen-bond donors (Lipinski definition) is 3. The van der Waals surface area contributed by atoms with Crippen molar-refractivity contribution in [3.63, 3.8) is 0 Å². The maximum Gasteiger partial charge on any atom is 0.472 e. The fourth-order valence-electron chi connectivity index (χ4n) is 3.27. The Bertz CT molecular complexity index is 655. The second-order valence-electron chi connectivity index (χ2n) is 9.03. The number of hydrogen-bond acceptors (Lipinski definition) is 9. The Kier molecular flexibility index (Phi) is 23.0. The van der Waals surface area contributed by atoms with Crippen LogP contribution in [0.25, 0.3) is 0 Å². The highest BCUT2D eigenvalue weighted by molar-refractivity contribution is 7.47. The predicted octanol–water partition coefficient (Wildman–Crippen LogP) is 4.99. The van der Waals surface area contributed by atoms with Crippen molar-refractivity contribution in [2.45, 2.75) is 116 Å². The number of rotatable bonds is 25. The second-order valence-corrected chi connectivity index (χ2v) is 10.5. The van der Waals surface area contributed by atoms with Crippen LogP contribution in [-0.2, 0) is 32.7 Å². The first-order valence-electron chi connectivity index (χ1n) is 13.6. The third-order valence-electron chi connectivity index (χ3n) is 5.48. The van der Waals surface area contributed by atoms with Crippen molar-refractivity contribution in [1.29, 1.82) is 0 Å². The van der Waals surface area contributed by atoms with Gasteiger partial charge in [0.15, 0.2) is 0 Å². The molecular weight excluding hydrogens is 503 g/mol. The average molecular weight is 553 g/mol. The van der Waals surface area contributed by atoms with Crippen LogP contribution in [-0.4, -0.2) is 65.7 Å². The quantitative estimate of drug-likeness (QED) is 0.0612. The zero-order valence-corrected chi connectivity index (χ0v) is 23.6. The Labute approximate surface area is 222 Å². The zero-order valence-electron chi connectivity index (χ0n) is 22.7. The molecule has 0 rings (SSSR count). The van der Waals surface area contributed by atoms with E-state index < -0.39 is 58.4 Å². The first-order valence-corrected chi connectivity index (χ1v) is 15.1. The minimum absolute atomic E-state index is 0.179. The molecule has 3 atom stereocenters. The molecule has 0 spiro atoms. The molecule has 10 nitrogen and oxygen atoms in total. The molecule has 0 aromatic carbocycles. The standard InChI is InChI=1S/C26H49O10P/c1-3-5-7-8-9-10-11-12-13-14-16-18-26(30)36-24(20-28)22-34-37(31,32)33-21-23(19-27)35-25(29)17-15-6-4-2/h8-9,23-24,27-28H,3-7,10-22H2,1-2H3,(H,31,32)/b9-8-. The van der Waals surface area contributed by atoms with Gasteiger partial charge in [-0.25, -0.2) is 4.57 Å². The summed E-state index contributed by atoms with van der Waals surface area (Å²) in [5.74, 6) is -1.06. The first kappa shape index (κ1) is 35.7. The van der Waals surface area contributed by atoms with Gasteiger partial charge in [0.2, 0.25) is 0 Å². The highest BCUT2D eigenvalue weighted by Gasteiger charge is 2.27. The number of phosphoric ester groups is 1. The molecule has 0 saturated carbocycles. The number of aliphatic hydroxyl groups is 2. The van der Waals surface area contributed by atoms with Gasteiger partial charge in [-0.2, -0.15) is 0 Å². The molecular formula is C26H49O10P. The topological polar surface area (TPSA) is 149 Å². The lowest BCUT2D eigenvalue weighted by Crippen LogP contribution is -2.28. The van der Waals surface area contributed by atoms with Crippen LogP contribution in [0.15, 0.2) is 12.2 Å². The van der Waals surface area contributed by atoms with Crippen molar-refractivity contribution in [3.8, 4) is 0 Å². The van der Waals surface area contributed by atoms with E-state index in [4.69, 9.17) is 18.5 Å². The fourth-order valence-corrected chi connectivity index (χ4v) is 4.05. The van der Waals surface area contributed by atoms with E-state index in [9.17, 15) is 29.3 Å². The van der Waals surface area contributed by atoms with Crippen LogP contribution < -0.4 is 0 Å². The van der Waals surface area contributed by atoms with E-state index in [1.807, 2.05) is 6.92 Å². The van der Waals surface area contributed by atoms with Crippen LogP contribution >= 0.6 is 7.82 Å². The third kappa shape index (κ3) is 22.4. The van der Waals surface area contributed by atoms with Gasteiger partial charge in [0.25, 0.3) is 0 Å². The van der Waals surface area contributed by atoms with Gasteiger partial charge < -0.3 is 24.6 Å². The summed E-state index contributed by atoms with van der Waals surface area (Å²) in [6.07, 6.45) is 14.5. The monoisotopic (exact) mass is 552 g/mol. The van der Waals surface area contributed by atoms with Gasteiger partial charge in [-0.1, -0.05) is 70.9 Å². The SMILES string of the molecule is CCCC/C=C\CCCCCCCC(=O)OC(CO)COP(=O)(O)OCC(CO)OC(=O)CCCCC. The first-order chi connectivity index (χ1) is 17.8. The molecule has 0 bridgehead atoms. The fraction of sp³-hybridized carbons (Fsp3) is 0.846. The summed E-state index contributed by atoms with van der Waals surface area (Å²) < 4.78 is 31.8. The lowest BCUT2D eigenvalue weighted by Gasteiger charge is -2.20. The smallest absolute Gasteiger partial charge is 0.457 e. The Morgan fingerprint density at radius 3 is 1.62 bits per heavy atom. The molecule has 0 aromatic rings. The molecule has 0 radical (unpaired) electrons. The number of unbranched alkanes of at least 4 members (excludes halogenated alkanes) is 9. The van der Waals surface area contributed by atoms with Crippen LogP contribution in [0.4, 0.5) is 0 Å². The number of ether oxygens (including phenoxy) is 2. The summed E-state index contributed by atoms with van der Waals surface area (Å²) in [7, 11) is -4.60. The minimum Gasteiger partial charge on any atom is -0.457 e. The van der Waals surface area contributed by atoms with E-state index in [0.717, 1.165) is 51.4 Å². The summed E-state index contributed by atoms with van der Waals surface area (Å²) in [5.41, 5.74) is 0. The van der Waals surface area contributed by atoms with E-state index in [-0.39, 0.29) is 12.8 Å². The van der Waals surface area contributed by atoms with Crippen LogP contribution in [0.3, 0.4) is 0 Å². The highest BCUT2D eigenvalue weighted by atomic mass is 31.2. The zero-order chi connectivity index (χ0) is 27.8. The lowest BCUT2D eigenvalue weighted by molar-refractivity contribution is -0.153. The van der Waals surface area contributed by atoms with Gasteiger partial charge in [-0.05, 0) is 32.1 Å². The predicted molar refractivity (Wildman–Crippen MR) is 141 cm³/mol. The Balaban J connectivity index is 4.10. The summed E-state index contributed by atoms with van der Waals surface area (Å²) in [4.78, 5) is 33.6. The summed E-state index contributed by atoms with van der Waals surface area (Å²) in [6, 6.07) is 0. The number of carbonyl (C=O) groups excluding carboxylic acids is 2. The maximum atomic E-state index is 12.1. The molecule has 0 aliphatic carbocycles. The summed E-state index contributed by atoms with van der Waals surface area (Å²) >= 11 is 0. The van der Waals surface area contributed by atoms with Crippen molar-refractivity contribution in [2.24, 2.45) is 0 Å². The van der Waals surface area contributed by atoms with E-state index in [0.29, 0.717) is 12.8 Å². The average Bonchev–Trinajstić information content (AvgIpc) is 2.87. The highest BCUT2D eigenvalue weighted by Crippen LogP contribution is 2.43. The second kappa shape index (κ2) is 23.8. The molecule has 3 unspecified atom stereocenters. The van der Waals surface area contributed by atoms with Gasteiger partial charge in [-0.3, -0.25) is 18.6 Å². The van der Waals surface area contributed by atoms with Gasteiger partial charge in [-0.15, -0.1) is 0 Å². The van der Waals surface area contributed by atoms with E-state index in [1.54, 1.807) is 0 Å². The van der Waals surface area contributed by atoms with Crippen molar-refractivity contribution in [2.75, 3.05) is 26.4 Å². The van der Waals surface area contributed by atoms with Gasteiger partial charge in [0.1, 0.15) is 12.2 Å². The van der Waals surface area contributed by atoms with Crippen molar-refractivity contribution in [1.82, 2.24) is 0 Å². The molecule has 0 aliphatic heterocycles. The molecule has 0 amide bonds. The summed E-state index contributed by atoms with van der Waals surface area (Å²) in [5, 5.41) is 18.7. The molecule has 37 heavy (non-hydrogen) atoms. The normalized spacial score (nSPS) is 14.8. The van der Waals surface area contributed by atoms with Crippen molar-refractivity contribution < 1.29 is 47.8 Å². The van der Waals surface area contributed by atoms with Gasteiger partial charge >= 0.3 is 19.8 Å². The molecule has 0 aliphatic rings. The Morgan fingerprint density at radius 2 is 1.14 bits per heavy atom. The van der Waals surface area contributed by atoms with Gasteiger partial charge in [0.05, 0.1) is 26.4 Å². The van der Waals surface area contributed by atoms with Crippen molar-refractivity contribution in [3.05, 3.63) is 12.2 Å². The Hall–Kier alpha value is -1.29. The molecule has 218 valence electrons. The van der Waals surface area contributed by atoms with E-state index in [1.165, 1.54) is 12.8 Å². The molecule has 0 aromatic heterocycles. The van der Waals surface area contributed by atoms with Crippen LogP contribution in [0.5, 0.6) is 0 Å². The molecule has 3 N–H and O–H groups in total. The largest absolute Gasteiger partial charge is 0.472 e. The van der Waals surface area contributed by atoms with Crippen LogP contribution in [0, 0.1) is 0 Å². The Morgan fingerprint density at radius 1 is 0.703 bits per heavy atom. The van der Waals surface area contributed by atoms with Crippen LogP contribution in [0.2, 0.25) is 0 Å². The summed E-state index contributed by atoms with van der Waals surface area (Å²) in [6.45, 7) is 1.89. The number of aliphatic hydroxyl groups excluding tert-OH is 2. The number of carbonyl (C=O) groups is 2. The molecule has 11 heteroatoms.